The van der Waals surface area contributed by atoms with Crippen molar-refractivity contribution in [1.82, 2.24) is 5.32 Å². The fraction of sp³-hybridized carbons (Fsp3) is 0.938. The van der Waals surface area contributed by atoms with E-state index in [1.807, 2.05) is 0 Å². The van der Waals surface area contributed by atoms with Crippen molar-refractivity contribution >= 4 is 5.91 Å². The van der Waals surface area contributed by atoms with Gasteiger partial charge in [-0.25, -0.2) is 0 Å². The molecule has 0 radical (unpaired) electrons. The van der Waals surface area contributed by atoms with Gasteiger partial charge in [-0.05, 0) is 29.6 Å². The molecule has 0 aliphatic rings. The Morgan fingerprint density at radius 1 is 1.16 bits per heavy atom. The Hall–Kier alpha value is -0.570. The molecule has 2 N–H and O–H groups in total. The zero-order valence-corrected chi connectivity index (χ0v) is 13.8. The minimum Gasteiger partial charge on any atom is -0.396 e. The Labute approximate surface area is 119 Å². The number of carbonyl (C=O) groups excluding carboxylic acids is 1. The van der Waals surface area contributed by atoms with Crippen LogP contribution < -0.4 is 5.32 Å². The topological polar surface area (TPSA) is 49.3 Å². The second-order valence-electron chi connectivity index (χ2n) is 8.07. The number of carbonyl (C=O) groups is 1. The zero-order valence-electron chi connectivity index (χ0n) is 13.8. The van der Waals surface area contributed by atoms with Gasteiger partial charge in [0.15, 0.2) is 0 Å². The molecule has 0 aliphatic carbocycles. The Morgan fingerprint density at radius 3 is 2.05 bits per heavy atom. The van der Waals surface area contributed by atoms with Crippen LogP contribution in [-0.4, -0.2) is 23.7 Å². The van der Waals surface area contributed by atoms with E-state index in [1.165, 1.54) is 0 Å². The molecule has 0 spiro atoms. The molecular formula is C16H33NO2. The largest absolute Gasteiger partial charge is 0.396 e. The summed E-state index contributed by atoms with van der Waals surface area (Å²) in [5, 5.41) is 12.2. The second kappa shape index (κ2) is 7.28. The molecule has 2 unspecified atom stereocenters. The number of hydrogen-bond donors (Lipinski definition) is 2. The normalized spacial score (nSPS) is 16.0. The van der Waals surface area contributed by atoms with E-state index in [2.05, 4.69) is 53.8 Å². The SMILES string of the molecule is CC(CC(=O)NC(CCO)C(C)(C)C)CC(C)(C)C. The van der Waals surface area contributed by atoms with Gasteiger partial charge in [0, 0.05) is 19.1 Å². The van der Waals surface area contributed by atoms with E-state index in [0.717, 1.165) is 6.42 Å². The van der Waals surface area contributed by atoms with Gasteiger partial charge >= 0.3 is 0 Å². The van der Waals surface area contributed by atoms with Gasteiger partial charge in [0.1, 0.15) is 0 Å². The van der Waals surface area contributed by atoms with Crippen molar-refractivity contribution < 1.29 is 9.90 Å². The number of aliphatic hydroxyl groups excluding tert-OH is 1. The molecule has 1 amide bonds. The van der Waals surface area contributed by atoms with Crippen molar-refractivity contribution in [3.63, 3.8) is 0 Å². The van der Waals surface area contributed by atoms with Crippen molar-refractivity contribution in [2.24, 2.45) is 16.7 Å². The number of nitrogens with one attached hydrogen (secondary N) is 1. The minimum atomic E-state index is -0.0222. The minimum absolute atomic E-state index is 0.0222. The van der Waals surface area contributed by atoms with Gasteiger partial charge in [-0.15, -0.1) is 0 Å². The third-order valence-electron chi connectivity index (χ3n) is 3.29. The van der Waals surface area contributed by atoms with E-state index in [1.54, 1.807) is 0 Å². The van der Waals surface area contributed by atoms with E-state index in [-0.39, 0.29) is 29.4 Å². The van der Waals surface area contributed by atoms with Crippen molar-refractivity contribution in [3.05, 3.63) is 0 Å². The molecule has 0 aromatic heterocycles. The molecule has 19 heavy (non-hydrogen) atoms. The van der Waals surface area contributed by atoms with Crippen molar-refractivity contribution in [3.8, 4) is 0 Å². The molecule has 0 aromatic carbocycles. The third-order valence-corrected chi connectivity index (χ3v) is 3.29. The van der Waals surface area contributed by atoms with Gasteiger partial charge in [-0.3, -0.25) is 4.79 Å². The number of aliphatic hydroxyl groups is 1. The monoisotopic (exact) mass is 271 g/mol. The van der Waals surface area contributed by atoms with Gasteiger partial charge in [0.2, 0.25) is 5.91 Å². The first-order valence-corrected chi connectivity index (χ1v) is 7.36. The van der Waals surface area contributed by atoms with Gasteiger partial charge in [0.25, 0.3) is 0 Å². The summed E-state index contributed by atoms with van der Waals surface area (Å²) < 4.78 is 0. The van der Waals surface area contributed by atoms with Crippen LogP contribution in [0.1, 0.15) is 67.7 Å². The van der Waals surface area contributed by atoms with Crippen molar-refractivity contribution in [2.45, 2.75) is 73.8 Å². The summed E-state index contributed by atoms with van der Waals surface area (Å²) in [6, 6.07) is 0.0341. The first-order chi connectivity index (χ1) is 8.45. The van der Waals surface area contributed by atoms with Gasteiger partial charge < -0.3 is 10.4 Å². The molecule has 0 aliphatic heterocycles. The summed E-state index contributed by atoms with van der Waals surface area (Å²) in [7, 11) is 0. The maximum Gasteiger partial charge on any atom is 0.220 e. The molecule has 2 atom stereocenters. The van der Waals surface area contributed by atoms with E-state index >= 15 is 0 Å². The maximum atomic E-state index is 12.1. The molecule has 0 bridgehead atoms. The first kappa shape index (κ1) is 18.4. The van der Waals surface area contributed by atoms with Crippen molar-refractivity contribution in [1.29, 1.82) is 0 Å². The summed E-state index contributed by atoms with van der Waals surface area (Å²) >= 11 is 0. The van der Waals surface area contributed by atoms with Crippen LogP contribution in [-0.2, 0) is 4.79 Å². The smallest absolute Gasteiger partial charge is 0.220 e. The van der Waals surface area contributed by atoms with Gasteiger partial charge in [-0.2, -0.15) is 0 Å². The first-order valence-electron chi connectivity index (χ1n) is 7.36. The van der Waals surface area contributed by atoms with Crippen LogP contribution in [0.3, 0.4) is 0 Å². The standard InChI is InChI=1S/C16H33NO2/c1-12(11-15(2,3)4)10-14(19)17-13(8-9-18)16(5,6)7/h12-13,18H,8-11H2,1-7H3,(H,17,19). The molecule has 0 rings (SSSR count). The summed E-state index contributed by atoms with van der Waals surface area (Å²) in [5.74, 6) is 0.486. The summed E-state index contributed by atoms with van der Waals surface area (Å²) in [6.07, 6.45) is 2.22. The Balaban J connectivity index is 4.35. The third kappa shape index (κ3) is 9.04. The van der Waals surface area contributed by atoms with Crippen LogP contribution in [0.2, 0.25) is 0 Å². The van der Waals surface area contributed by atoms with E-state index in [4.69, 9.17) is 5.11 Å². The number of hydrogen-bond acceptors (Lipinski definition) is 2. The van der Waals surface area contributed by atoms with Gasteiger partial charge in [0.05, 0.1) is 0 Å². The predicted molar refractivity (Wildman–Crippen MR) is 80.9 cm³/mol. The highest BCUT2D eigenvalue weighted by Gasteiger charge is 2.26. The average Bonchev–Trinajstić information content (AvgIpc) is 2.11. The summed E-state index contributed by atoms with van der Waals surface area (Å²) in [6.45, 7) is 15.1. The highest BCUT2D eigenvalue weighted by Crippen LogP contribution is 2.26. The van der Waals surface area contributed by atoms with Crippen molar-refractivity contribution in [2.75, 3.05) is 6.61 Å². The fourth-order valence-corrected chi connectivity index (χ4v) is 2.54. The zero-order chi connectivity index (χ0) is 15.3. The molecular weight excluding hydrogens is 238 g/mol. The Kier molecular flexibility index (Phi) is 7.06. The summed E-state index contributed by atoms with van der Waals surface area (Å²) in [5.41, 5.74) is 0.236. The molecule has 0 aromatic rings. The van der Waals surface area contributed by atoms with E-state index in [0.29, 0.717) is 18.8 Å². The lowest BCUT2D eigenvalue weighted by atomic mass is 9.83. The number of amides is 1. The maximum absolute atomic E-state index is 12.1. The molecule has 3 nitrogen and oxygen atoms in total. The Bertz CT molecular complexity index is 273. The highest BCUT2D eigenvalue weighted by atomic mass is 16.3. The molecule has 0 saturated heterocycles. The molecule has 0 heterocycles. The Morgan fingerprint density at radius 2 is 1.68 bits per heavy atom. The second-order valence-corrected chi connectivity index (χ2v) is 8.07. The number of rotatable bonds is 6. The average molecular weight is 271 g/mol. The highest BCUT2D eigenvalue weighted by molar-refractivity contribution is 5.76. The van der Waals surface area contributed by atoms with Gasteiger partial charge in [-0.1, -0.05) is 48.5 Å². The molecule has 0 saturated carbocycles. The van der Waals surface area contributed by atoms with Crippen LogP contribution in [0.4, 0.5) is 0 Å². The van der Waals surface area contributed by atoms with Crippen LogP contribution in [0.25, 0.3) is 0 Å². The van der Waals surface area contributed by atoms with E-state index in [9.17, 15) is 4.79 Å². The molecule has 114 valence electrons. The fourth-order valence-electron chi connectivity index (χ4n) is 2.54. The van der Waals surface area contributed by atoms with Crippen LogP contribution in [0, 0.1) is 16.7 Å². The quantitative estimate of drug-likeness (QED) is 0.778. The van der Waals surface area contributed by atoms with Crippen LogP contribution in [0.5, 0.6) is 0 Å². The lowest BCUT2D eigenvalue weighted by Gasteiger charge is -2.32. The predicted octanol–water partition coefficient (Wildman–Crippen LogP) is 3.36. The molecule has 3 heteroatoms. The van der Waals surface area contributed by atoms with E-state index < -0.39 is 0 Å². The summed E-state index contributed by atoms with van der Waals surface area (Å²) in [4.78, 5) is 12.1. The van der Waals surface area contributed by atoms with Crippen LogP contribution >= 0.6 is 0 Å². The van der Waals surface area contributed by atoms with Crippen LogP contribution in [0.15, 0.2) is 0 Å². The lowest BCUT2D eigenvalue weighted by molar-refractivity contribution is -0.123. The lowest BCUT2D eigenvalue weighted by Crippen LogP contribution is -2.44. The molecule has 0 fully saturated rings.